The largest absolute Gasteiger partial charge is 0.405 e. The van der Waals surface area contributed by atoms with Gasteiger partial charge in [-0.3, -0.25) is 0 Å². The number of carbonyl (C=O) groups excluding carboxylic acids is 1. The Hall–Kier alpha value is -0.980. The molecule has 4 nitrogen and oxygen atoms in total. The van der Waals surface area contributed by atoms with E-state index in [0.717, 1.165) is 19.3 Å². The standard InChI is InChI=1S/C9H16F3N3O/c10-9(11,12)5-15-8(16)14-4-6-2-1-3-7(6)13/h6-7H,1-5,13H2,(H2,14,15,16). The van der Waals surface area contributed by atoms with Crippen LogP contribution in [0.25, 0.3) is 0 Å². The lowest BCUT2D eigenvalue weighted by Gasteiger charge is -2.16. The third kappa shape index (κ3) is 4.69. The summed E-state index contributed by atoms with van der Waals surface area (Å²) in [6, 6.07) is -0.751. The van der Waals surface area contributed by atoms with Gasteiger partial charge in [0, 0.05) is 12.6 Å². The molecule has 16 heavy (non-hydrogen) atoms. The summed E-state index contributed by atoms with van der Waals surface area (Å²) in [7, 11) is 0. The lowest BCUT2D eigenvalue weighted by Crippen LogP contribution is -2.44. The van der Waals surface area contributed by atoms with Crippen LogP contribution in [-0.4, -0.2) is 31.3 Å². The Labute approximate surface area is 91.8 Å². The molecule has 1 saturated carbocycles. The van der Waals surface area contributed by atoms with Crippen LogP contribution in [0.1, 0.15) is 19.3 Å². The van der Waals surface area contributed by atoms with Crippen LogP contribution in [0.5, 0.6) is 0 Å². The van der Waals surface area contributed by atoms with Crippen molar-refractivity contribution in [1.29, 1.82) is 0 Å². The van der Waals surface area contributed by atoms with Gasteiger partial charge in [0.2, 0.25) is 0 Å². The van der Waals surface area contributed by atoms with Gasteiger partial charge in [0.25, 0.3) is 0 Å². The van der Waals surface area contributed by atoms with Gasteiger partial charge in [-0.1, -0.05) is 6.42 Å². The molecule has 0 spiro atoms. The molecule has 4 N–H and O–H groups in total. The van der Waals surface area contributed by atoms with Gasteiger partial charge in [-0.05, 0) is 18.8 Å². The first-order valence-electron chi connectivity index (χ1n) is 5.22. The zero-order valence-corrected chi connectivity index (χ0v) is 8.81. The summed E-state index contributed by atoms with van der Waals surface area (Å²) in [5, 5.41) is 4.14. The number of halogens is 3. The van der Waals surface area contributed by atoms with Gasteiger partial charge >= 0.3 is 12.2 Å². The molecule has 2 amide bonds. The number of hydrogen-bond acceptors (Lipinski definition) is 2. The fourth-order valence-electron chi connectivity index (χ4n) is 1.79. The minimum Gasteiger partial charge on any atom is -0.338 e. The number of nitrogens with two attached hydrogens (primary N) is 1. The van der Waals surface area contributed by atoms with Crippen LogP contribution < -0.4 is 16.4 Å². The number of rotatable bonds is 3. The Kier molecular flexibility index (Phi) is 4.40. The minimum absolute atomic E-state index is 0.0444. The summed E-state index contributed by atoms with van der Waals surface area (Å²) in [5.74, 6) is 0.177. The number of alkyl halides is 3. The van der Waals surface area contributed by atoms with Crippen LogP contribution in [0.2, 0.25) is 0 Å². The molecular weight excluding hydrogens is 223 g/mol. The number of amides is 2. The molecule has 1 fully saturated rings. The van der Waals surface area contributed by atoms with Crippen molar-refractivity contribution in [3.8, 4) is 0 Å². The van der Waals surface area contributed by atoms with E-state index in [0.29, 0.717) is 6.54 Å². The van der Waals surface area contributed by atoms with Crippen LogP contribution in [0, 0.1) is 5.92 Å². The fourth-order valence-corrected chi connectivity index (χ4v) is 1.79. The molecule has 0 saturated heterocycles. The second-order valence-corrected chi connectivity index (χ2v) is 4.03. The summed E-state index contributed by atoms with van der Waals surface area (Å²) in [6.45, 7) is -0.972. The highest BCUT2D eigenvalue weighted by Crippen LogP contribution is 2.22. The Morgan fingerprint density at radius 1 is 1.31 bits per heavy atom. The monoisotopic (exact) mass is 239 g/mol. The van der Waals surface area contributed by atoms with E-state index in [-0.39, 0.29) is 12.0 Å². The van der Waals surface area contributed by atoms with Gasteiger partial charge in [0.15, 0.2) is 0 Å². The first-order valence-corrected chi connectivity index (χ1v) is 5.22. The van der Waals surface area contributed by atoms with Crippen LogP contribution in [0.4, 0.5) is 18.0 Å². The molecule has 0 aliphatic heterocycles. The molecule has 2 atom stereocenters. The van der Waals surface area contributed by atoms with Gasteiger partial charge in [-0.25, -0.2) is 4.79 Å². The third-order valence-corrected chi connectivity index (χ3v) is 2.69. The van der Waals surface area contributed by atoms with Crippen molar-refractivity contribution in [3.05, 3.63) is 0 Å². The Morgan fingerprint density at radius 2 is 2.00 bits per heavy atom. The number of urea groups is 1. The predicted molar refractivity (Wildman–Crippen MR) is 52.8 cm³/mol. The van der Waals surface area contributed by atoms with E-state index in [1.165, 1.54) is 0 Å². The molecule has 1 aliphatic carbocycles. The fraction of sp³-hybridized carbons (Fsp3) is 0.889. The highest BCUT2D eigenvalue weighted by molar-refractivity contribution is 5.73. The van der Waals surface area contributed by atoms with Crippen molar-refractivity contribution in [2.45, 2.75) is 31.5 Å². The topological polar surface area (TPSA) is 67.1 Å². The molecule has 0 aromatic heterocycles. The van der Waals surface area contributed by atoms with Gasteiger partial charge < -0.3 is 16.4 Å². The molecule has 0 aromatic rings. The second-order valence-electron chi connectivity index (χ2n) is 4.03. The number of nitrogens with one attached hydrogen (secondary N) is 2. The maximum atomic E-state index is 11.8. The lowest BCUT2D eigenvalue weighted by molar-refractivity contribution is -0.122. The molecule has 2 unspecified atom stereocenters. The normalized spacial score (nSPS) is 25.5. The molecule has 1 rings (SSSR count). The Bertz CT molecular complexity index is 245. The zero-order valence-electron chi connectivity index (χ0n) is 8.81. The summed E-state index contributed by atoms with van der Waals surface area (Å²) >= 11 is 0. The average molecular weight is 239 g/mol. The molecule has 0 radical (unpaired) electrons. The van der Waals surface area contributed by atoms with E-state index in [1.807, 2.05) is 0 Å². The third-order valence-electron chi connectivity index (χ3n) is 2.69. The lowest BCUT2D eigenvalue weighted by atomic mass is 10.1. The molecule has 7 heteroatoms. The van der Waals surface area contributed by atoms with Crippen LogP contribution >= 0.6 is 0 Å². The van der Waals surface area contributed by atoms with Crippen molar-refractivity contribution in [2.75, 3.05) is 13.1 Å². The molecular formula is C9H16F3N3O. The second kappa shape index (κ2) is 5.38. The first kappa shape index (κ1) is 13.1. The van der Waals surface area contributed by atoms with E-state index in [4.69, 9.17) is 5.73 Å². The van der Waals surface area contributed by atoms with Crippen molar-refractivity contribution in [1.82, 2.24) is 10.6 Å². The van der Waals surface area contributed by atoms with E-state index < -0.39 is 18.8 Å². The zero-order chi connectivity index (χ0) is 12.2. The van der Waals surface area contributed by atoms with E-state index in [2.05, 4.69) is 5.32 Å². The average Bonchev–Trinajstić information content (AvgIpc) is 2.57. The summed E-state index contributed by atoms with van der Waals surface area (Å²) in [4.78, 5) is 11.0. The van der Waals surface area contributed by atoms with E-state index >= 15 is 0 Å². The van der Waals surface area contributed by atoms with Gasteiger partial charge in [-0.15, -0.1) is 0 Å². The Morgan fingerprint density at radius 3 is 2.50 bits per heavy atom. The van der Waals surface area contributed by atoms with Crippen molar-refractivity contribution >= 4 is 6.03 Å². The molecule has 0 aromatic carbocycles. The maximum Gasteiger partial charge on any atom is 0.405 e. The van der Waals surface area contributed by atoms with Crippen molar-refractivity contribution < 1.29 is 18.0 Å². The van der Waals surface area contributed by atoms with Crippen LogP contribution in [0.15, 0.2) is 0 Å². The van der Waals surface area contributed by atoms with Crippen molar-refractivity contribution in [3.63, 3.8) is 0 Å². The maximum absolute atomic E-state index is 11.8. The highest BCUT2D eigenvalue weighted by Gasteiger charge is 2.28. The molecule has 1 aliphatic rings. The van der Waals surface area contributed by atoms with Gasteiger partial charge in [0.1, 0.15) is 6.54 Å². The quantitative estimate of drug-likeness (QED) is 0.687. The highest BCUT2D eigenvalue weighted by atomic mass is 19.4. The molecule has 94 valence electrons. The summed E-state index contributed by atoms with van der Waals surface area (Å²) in [5.41, 5.74) is 5.76. The van der Waals surface area contributed by atoms with Crippen molar-refractivity contribution in [2.24, 2.45) is 11.7 Å². The summed E-state index contributed by atoms with van der Waals surface area (Å²) in [6.07, 6.45) is -1.53. The van der Waals surface area contributed by atoms with Gasteiger partial charge in [0.05, 0.1) is 0 Å². The number of carbonyl (C=O) groups is 1. The smallest absolute Gasteiger partial charge is 0.338 e. The van der Waals surface area contributed by atoms with Crippen LogP contribution in [0.3, 0.4) is 0 Å². The van der Waals surface area contributed by atoms with Gasteiger partial charge in [-0.2, -0.15) is 13.2 Å². The van der Waals surface area contributed by atoms with Crippen LogP contribution in [-0.2, 0) is 0 Å². The minimum atomic E-state index is -4.37. The Balaban J connectivity index is 2.15. The SMILES string of the molecule is NC1CCCC1CNC(=O)NCC(F)(F)F. The molecule has 0 heterocycles. The first-order chi connectivity index (χ1) is 7.38. The number of hydrogen-bond donors (Lipinski definition) is 3. The van der Waals surface area contributed by atoms with E-state index in [1.54, 1.807) is 5.32 Å². The molecule has 0 bridgehead atoms. The predicted octanol–water partition coefficient (Wildman–Crippen LogP) is 0.975. The van der Waals surface area contributed by atoms with E-state index in [9.17, 15) is 18.0 Å². The summed E-state index contributed by atoms with van der Waals surface area (Å²) < 4.78 is 35.3.